The fourth-order valence-electron chi connectivity index (χ4n) is 1.43. The second-order valence-corrected chi connectivity index (χ2v) is 4.23. The van der Waals surface area contributed by atoms with Crippen LogP contribution >= 0.6 is 0 Å². The van der Waals surface area contributed by atoms with Crippen LogP contribution in [-0.4, -0.2) is 35.8 Å². The Labute approximate surface area is 109 Å². The van der Waals surface area contributed by atoms with Crippen molar-refractivity contribution in [2.24, 2.45) is 0 Å². The minimum absolute atomic E-state index is 0.313. The van der Waals surface area contributed by atoms with Gasteiger partial charge in [0.15, 0.2) is 0 Å². The second kappa shape index (κ2) is 8.69. The van der Waals surface area contributed by atoms with Gasteiger partial charge in [-0.3, -0.25) is 0 Å². The number of nitrogens with zero attached hydrogens (tertiary/aromatic N) is 2. The molecule has 0 aliphatic carbocycles. The predicted octanol–water partition coefficient (Wildman–Crippen LogP) is 2.49. The molecule has 0 saturated carbocycles. The Hall–Kier alpha value is -1.36. The molecule has 102 valence electrons. The van der Waals surface area contributed by atoms with Crippen molar-refractivity contribution in [2.75, 3.05) is 25.1 Å². The van der Waals surface area contributed by atoms with Gasteiger partial charge in [0, 0.05) is 19.2 Å². The van der Waals surface area contributed by atoms with E-state index in [0.29, 0.717) is 18.6 Å². The number of rotatable bonds is 9. The highest BCUT2D eigenvalue weighted by Crippen LogP contribution is 2.10. The van der Waals surface area contributed by atoms with Gasteiger partial charge in [0.05, 0.1) is 12.7 Å². The third kappa shape index (κ3) is 6.39. The summed E-state index contributed by atoms with van der Waals surface area (Å²) < 4.78 is 10.8. The molecule has 0 amide bonds. The normalized spacial score (nSPS) is 10.7. The lowest BCUT2D eigenvalue weighted by Gasteiger charge is -2.08. The van der Waals surface area contributed by atoms with Gasteiger partial charge in [-0.25, -0.2) is 9.97 Å². The largest absolute Gasteiger partial charge is 0.478 e. The summed E-state index contributed by atoms with van der Waals surface area (Å²) in [4.78, 5) is 8.15. The zero-order valence-corrected chi connectivity index (χ0v) is 11.5. The van der Waals surface area contributed by atoms with Crippen molar-refractivity contribution < 1.29 is 9.47 Å². The maximum atomic E-state index is 5.47. The average Bonchev–Trinajstić information content (AvgIpc) is 2.34. The van der Waals surface area contributed by atoms with Gasteiger partial charge in [0.1, 0.15) is 12.1 Å². The molecule has 1 N–H and O–H groups in total. The highest BCUT2D eigenvalue weighted by atomic mass is 16.5. The Morgan fingerprint density at radius 1 is 1.28 bits per heavy atom. The lowest BCUT2D eigenvalue weighted by molar-refractivity contribution is 0.0765. The standard InChI is InChI=1S/C13H23N3O2/c1-4-17-13-9-12(15-10-16-13)14-7-5-6-8-18-11(2)3/h9-11H,4-8H2,1-3H3,(H,14,15,16). The lowest BCUT2D eigenvalue weighted by Crippen LogP contribution is -2.08. The quantitative estimate of drug-likeness (QED) is 0.685. The molecule has 0 aliphatic heterocycles. The lowest BCUT2D eigenvalue weighted by atomic mass is 10.3. The van der Waals surface area contributed by atoms with Crippen molar-refractivity contribution in [2.45, 2.75) is 39.7 Å². The number of aromatic nitrogens is 2. The fourth-order valence-corrected chi connectivity index (χ4v) is 1.43. The van der Waals surface area contributed by atoms with Crippen LogP contribution in [0.5, 0.6) is 5.88 Å². The summed E-state index contributed by atoms with van der Waals surface area (Å²) >= 11 is 0. The van der Waals surface area contributed by atoms with E-state index in [1.165, 1.54) is 6.33 Å². The summed E-state index contributed by atoms with van der Waals surface area (Å²) in [6, 6.07) is 1.81. The van der Waals surface area contributed by atoms with Crippen LogP contribution in [0.3, 0.4) is 0 Å². The Morgan fingerprint density at radius 3 is 2.83 bits per heavy atom. The van der Waals surface area contributed by atoms with E-state index in [1.54, 1.807) is 0 Å². The monoisotopic (exact) mass is 253 g/mol. The Kier molecular flexibility index (Phi) is 7.10. The first kappa shape index (κ1) is 14.7. The highest BCUT2D eigenvalue weighted by molar-refractivity contribution is 5.36. The Bertz CT molecular complexity index is 332. The van der Waals surface area contributed by atoms with E-state index in [4.69, 9.17) is 9.47 Å². The zero-order chi connectivity index (χ0) is 13.2. The smallest absolute Gasteiger partial charge is 0.218 e. The molecular formula is C13H23N3O2. The topological polar surface area (TPSA) is 56.3 Å². The maximum absolute atomic E-state index is 5.47. The van der Waals surface area contributed by atoms with Crippen molar-refractivity contribution in [1.29, 1.82) is 0 Å². The third-order valence-corrected chi connectivity index (χ3v) is 2.26. The van der Waals surface area contributed by atoms with Crippen LogP contribution in [0.1, 0.15) is 33.6 Å². The molecule has 0 aliphatic rings. The first-order valence-corrected chi connectivity index (χ1v) is 6.52. The number of hydrogen-bond acceptors (Lipinski definition) is 5. The van der Waals surface area contributed by atoms with E-state index in [2.05, 4.69) is 15.3 Å². The Balaban J connectivity index is 2.16. The van der Waals surface area contributed by atoms with E-state index in [-0.39, 0.29) is 0 Å². The van der Waals surface area contributed by atoms with Gasteiger partial charge in [-0.15, -0.1) is 0 Å². The van der Waals surface area contributed by atoms with Gasteiger partial charge in [-0.1, -0.05) is 0 Å². The molecular weight excluding hydrogens is 230 g/mol. The number of anilines is 1. The number of hydrogen-bond donors (Lipinski definition) is 1. The first-order valence-electron chi connectivity index (χ1n) is 6.52. The van der Waals surface area contributed by atoms with Crippen molar-refractivity contribution in [3.05, 3.63) is 12.4 Å². The molecule has 18 heavy (non-hydrogen) atoms. The van der Waals surface area contributed by atoms with E-state index in [0.717, 1.165) is 31.8 Å². The van der Waals surface area contributed by atoms with Gasteiger partial charge in [0.25, 0.3) is 0 Å². The van der Waals surface area contributed by atoms with Crippen molar-refractivity contribution in [1.82, 2.24) is 9.97 Å². The molecule has 0 atom stereocenters. The molecule has 0 fully saturated rings. The van der Waals surface area contributed by atoms with E-state index in [1.807, 2.05) is 26.8 Å². The molecule has 5 nitrogen and oxygen atoms in total. The Morgan fingerprint density at radius 2 is 2.11 bits per heavy atom. The van der Waals surface area contributed by atoms with E-state index in [9.17, 15) is 0 Å². The highest BCUT2D eigenvalue weighted by Gasteiger charge is 1.98. The van der Waals surface area contributed by atoms with Crippen LogP contribution < -0.4 is 10.1 Å². The fraction of sp³-hybridized carbons (Fsp3) is 0.692. The number of ether oxygens (including phenoxy) is 2. The van der Waals surface area contributed by atoms with Crippen molar-refractivity contribution in [3.63, 3.8) is 0 Å². The summed E-state index contributed by atoms with van der Waals surface area (Å²) in [6.07, 6.45) is 3.93. The van der Waals surface area contributed by atoms with Gasteiger partial charge in [-0.05, 0) is 33.6 Å². The van der Waals surface area contributed by atoms with Crippen LogP contribution in [0.25, 0.3) is 0 Å². The van der Waals surface area contributed by atoms with Crippen LogP contribution in [0.15, 0.2) is 12.4 Å². The van der Waals surface area contributed by atoms with Crippen molar-refractivity contribution >= 4 is 5.82 Å². The van der Waals surface area contributed by atoms with Gasteiger partial charge >= 0.3 is 0 Å². The number of unbranched alkanes of at least 4 members (excludes halogenated alkanes) is 1. The van der Waals surface area contributed by atoms with Gasteiger partial charge in [-0.2, -0.15) is 0 Å². The predicted molar refractivity (Wildman–Crippen MR) is 72.0 cm³/mol. The summed E-state index contributed by atoms with van der Waals surface area (Å²) in [5.74, 6) is 1.41. The van der Waals surface area contributed by atoms with Crippen LogP contribution in [0.4, 0.5) is 5.82 Å². The number of nitrogens with one attached hydrogen (secondary N) is 1. The van der Waals surface area contributed by atoms with Gasteiger partial charge < -0.3 is 14.8 Å². The molecule has 0 bridgehead atoms. The maximum Gasteiger partial charge on any atom is 0.218 e. The summed E-state index contributed by atoms with van der Waals surface area (Å²) in [6.45, 7) is 8.34. The molecule has 1 heterocycles. The molecule has 1 rings (SSSR count). The molecule has 0 spiro atoms. The minimum Gasteiger partial charge on any atom is -0.478 e. The zero-order valence-electron chi connectivity index (χ0n) is 11.5. The van der Waals surface area contributed by atoms with Crippen molar-refractivity contribution in [3.8, 4) is 5.88 Å². The van der Waals surface area contributed by atoms with E-state index < -0.39 is 0 Å². The summed E-state index contributed by atoms with van der Waals surface area (Å²) in [5, 5.41) is 3.24. The molecule has 0 saturated heterocycles. The average molecular weight is 253 g/mol. The summed E-state index contributed by atoms with van der Waals surface area (Å²) in [5.41, 5.74) is 0. The molecule has 1 aromatic rings. The SMILES string of the molecule is CCOc1cc(NCCCCOC(C)C)ncn1. The molecule has 0 unspecified atom stereocenters. The molecule has 0 aromatic carbocycles. The molecule has 1 aromatic heterocycles. The molecule has 0 radical (unpaired) electrons. The second-order valence-electron chi connectivity index (χ2n) is 4.23. The third-order valence-electron chi connectivity index (χ3n) is 2.26. The summed E-state index contributed by atoms with van der Waals surface area (Å²) in [7, 11) is 0. The van der Waals surface area contributed by atoms with Crippen LogP contribution in [-0.2, 0) is 4.74 Å². The van der Waals surface area contributed by atoms with Crippen LogP contribution in [0.2, 0.25) is 0 Å². The van der Waals surface area contributed by atoms with Gasteiger partial charge in [0.2, 0.25) is 5.88 Å². The molecule has 5 heteroatoms. The minimum atomic E-state index is 0.313. The van der Waals surface area contributed by atoms with E-state index >= 15 is 0 Å². The first-order chi connectivity index (χ1) is 8.72. The van der Waals surface area contributed by atoms with Crippen LogP contribution in [0, 0.1) is 0 Å².